The van der Waals surface area contributed by atoms with Crippen LogP contribution < -0.4 is 10.6 Å². The van der Waals surface area contributed by atoms with Crippen LogP contribution in [0.4, 0.5) is 5.69 Å². The molecule has 2 nitrogen and oxygen atoms in total. The lowest BCUT2D eigenvalue weighted by Gasteiger charge is -2.30. The van der Waals surface area contributed by atoms with E-state index in [-0.39, 0.29) is 6.04 Å². The number of rotatable bonds is 4. The summed E-state index contributed by atoms with van der Waals surface area (Å²) in [4.78, 5) is 2.49. The topological polar surface area (TPSA) is 29.3 Å². The molecular formula is C18H30N2. The van der Waals surface area contributed by atoms with Crippen LogP contribution in [0.3, 0.4) is 0 Å². The van der Waals surface area contributed by atoms with E-state index in [4.69, 9.17) is 5.73 Å². The maximum Gasteiger partial charge on any atom is 0.0368 e. The van der Waals surface area contributed by atoms with E-state index in [1.807, 2.05) is 0 Å². The van der Waals surface area contributed by atoms with Crippen molar-refractivity contribution in [3.63, 3.8) is 0 Å². The summed E-state index contributed by atoms with van der Waals surface area (Å²) in [6.45, 7) is 4.28. The molecule has 1 fully saturated rings. The molecule has 1 saturated carbocycles. The molecule has 0 bridgehead atoms. The maximum atomic E-state index is 5.92. The fourth-order valence-corrected chi connectivity index (χ4v) is 3.33. The summed E-state index contributed by atoms with van der Waals surface area (Å²) in [7, 11) is 2.26. The van der Waals surface area contributed by atoms with E-state index < -0.39 is 0 Å². The van der Waals surface area contributed by atoms with Crippen LogP contribution in [-0.2, 0) is 6.42 Å². The van der Waals surface area contributed by atoms with Crippen molar-refractivity contribution in [1.29, 1.82) is 0 Å². The van der Waals surface area contributed by atoms with Crippen LogP contribution in [0.25, 0.3) is 0 Å². The molecule has 1 aromatic carbocycles. The molecule has 0 aromatic heterocycles. The van der Waals surface area contributed by atoms with E-state index in [1.165, 1.54) is 55.3 Å². The number of nitrogens with two attached hydrogens (primary N) is 1. The van der Waals surface area contributed by atoms with E-state index in [2.05, 4.69) is 44.0 Å². The Kier molecular flexibility index (Phi) is 5.47. The van der Waals surface area contributed by atoms with Crippen molar-refractivity contribution >= 4 is 5.69 Å². The molecule has 1 aromatic rings. The first-order valence-corrected chi connectivity index (χ1v) is 8.16. The van der Waals surface area contributed by atoms with Crippen molar-refractivity contribution in [3.05, 3.63) is 29.3 Å². The lowest BCUT2D eigenvalue weighted by molar-refractivity contribution is 0.553. The van der Waals surface area contributed by atoms with Gasteiger partial charge in [0.25, 0.3) is 0 Å². The molecule has 2 rings (SSSR count). The quantitative estimate of drug-likeness (QED) is 0.839. The molecule has 1 aliphatic carbocycles. The summed E-state index contributed by atoms with van der Waals surface area (Å²) in [5, 5.41) is 0. The number of anilines is 1. The fourth-order valence-electron chi connectivity index (χ4n) is 3.33. The zero-order chi connectivity index (χ0) is 14.5. The van der Waals surface area contributed by atoms with Crippen molar-refractivity contribution < 1.29 is 0 Å². The summed E-state index contributed by atoms with van der Waals surface area (Å²) in [5.74, 6) is 0. The molecule has 0 amide bonds. The minimum absolute atomic E-state index is 0.235. The van der Waals surface area contributed by atoms with Crippen LogP contribution in [0.15, 0.2) is 18.2 Å². The molecule has 20 heavy (non-hydrogen) atoms. The van der Waals surface area contributed by atoms with Crippen LogP contribution in [0, 0.1) is 6.92 Å². The van der Waals surface area contributed by atoms with E-state index in [1.54, 1.807) is 0 Å². The molecule has 1 unspecified atom stereocenters. The van der Waals surface area contributed by atoms with Gasteiger partial charge in [-0.3, -0.25) is 0 Å². The van der Waals surface area contributed by atoms with Crippen LogP contribution in [0.5, 0.6) is 0 Å². The molecule has 0 aliphatic heterocycles. The predicted molar refractivity (Wildman–Crippen MR) is 88.4 cm³/mol. The molecule has 0 radical (unpaired) electrons. The van der Waals surface area contributed by atoms with Gasteiger partial charge >= 0.3 is 0 Å². The Labute approximate surface area is 124 Å². The van der Waals surface area contributed by atoms with Gasteiger partial charge in [-0.2, -0.15) is 0 Å². The normalized spacial score (nSPS) is 18.6. The Bertz CT molecular complexity index is 417. The highest BCUT2D eigenvalue weighted by molar-refractivity contribution is 5.51. The van der Waals surface area contributed by atoms with Gasteiger partial charge in [0.2, 0.25) is 0 Å². The van der Waals surface area contributed by atoms with Crippen molar-refractivity contribution in [2.24, 2.45) is 5.73 Å². The third-order valence-electron chi connectivity index (χ3n) is 4.65. The molecule has 112 valence electrons. The van der Waals surface area contributed by atoms with E-state index >= 15 is 0 Å². The highest BCUT2D eigenvalue weighted by atomic mass is 15.1. The van der Waals surface area contributed by atoms with Gasteiger partial charge in [0.15, 0.2) is 0 Å². The Morgan fingerprint density at radius 1 is 1.20 bits per heavy atom. The Balaban J connectivity index is 2.09. The molecule has 0 heterocycles. The average molecular weight is 274 g/mol. The zero-order valence-corrected chi connectivity index (χ0v) is 13.4. The minimum Gasteiger partial charge on any atom is -0.372 e. The molecule has 0 saturated heterocycles. The van der Waals surface area contributed by atoms with Gasteiger partial charge in [0.05, 0.1) is 0 Å². The zero-order valence-electron chi connectivity index (χ0n) is 13.4. The standard InChI is InChI=1S/C18H30N2/c1-14-12-18(11-10-16(14)13-15(2)19)20(3)17-8-6-4-5-7-9-17/h10-12,15,17H,4-9,13,19H2,1-3H3. The number of aryl methyl sites for hydroxylation is 1. The Hall–Kier alpha value is -1.02. The molecule has 2 N–H and O–H groups in total. The summed E-state index contributed by atoms with van der Waals surface area (Å²) in [5.41, 5.74) is 10.0. The van der Waals surface area contributed by atoms with Gasteiger partial charge in [0, 0.05) is 24.8 Å². The van der Waals surface area contributed by atoms with Gasteiger partial charge in [-0.25, -0.2) is 0 Å². The molecule has 1 atom stereocenters. The summed E-state index contributed by atoms with van der Waals surface area (Å²) >= 11 is 0. The first kappa shape index (κ1) is 15.4. The van der Waals surface area contributed by atoms with Gasteiger partial charge in [0.1, 0.15) is 0 Å². The molecule has 2 heteroatoms. The number of benzene rings is 1. The van der Waals surface area contributed by atoms with Crippen LogP contribution in [0.2, 0.25) is 0 Å². The van der Waals surface area contributed by atoms with Gasteiger partial charge in [-0.1, -0.05) is 31.7 Å². The van der Waals surface area contributed by atoms with Crippen LogP contribution in [-0.4, -0.2) is 19.1 Å². The summed E-state index contributed by atoms with van der Waals surface area (Å²) in [6, 6.07) is 7.83. The fraction of sp³-hybridized carbons (Fsp3) is 0.667. The number of hydrogen-bond donors (Lipinski definition) is 1. The molecule has 0 spiro atoms. The third kappa shape index (κ3) is 3.99. The SMILES string of the molecule is Cc1cc(N(C)C2CCCCCC2)ccc1CC(C)N. The number of nitrogens with zero attached hydrogens (tertiary/aromatic N) is 1. The largest absolute Gasteiger partial charge is 0.372 e. The first-order chi connectivity index (χ1) is 9.58. The number of hydrogen-bond acceptors (Lipinski definition) is 2. The Morgan fingerprint density at radius 2 is 1.85 bits per heavy atom. The highest BCUT2D eigenvalue weighted by Gasteiger charge is 2.17. The van der Waals surface area contributed by atoms with Gasteiger partial charge in [-0.05, 0) is 56.4 Å². The van der Waals surface area contributed by atoms with Gasteiger partial charge < -0.3 is 10.6 Å². The second kappa shape index (κ2) is 7.12. The van der Waals surface area contributed by atoms with Crippen molar-refractivity contribution in [2.45, 2.75) is 70.9 Å². The monoisotopic (exact) mass is 274 g/mol. The molecular weight excluding hydrogens is 244 g/mol. The smallest absolute Gasteiger partial charge is 0.0368 e. The van der Waals surface area contributed by atoms with Crippen LogP contribution in [0.1, 0.15) is 56.6 Å². The second-order valence-electron chi connectivity index (χ2n) is 6.55. The van der Waals surface area contributed by atoms with E-state index in [0.717, 1.165) is 12.5 Å². The van der Waals surface area contributed by atoms with Crippen molar-refractivity contribution in [2.75, 3.05) is 11.9 Å². The van der Waals surface area contributed by atoms with E-state index in [9.17, 15) is 0 Å². The summed E-state index contributed by atoms with van der Waals surface area (Å²) < 4.78 is 0. The van der Waals surface area contributed by atoms with Gasteiger partial charge in [-0.15, -0.1) is 0 Å². The second-order valence-corrected chi connectivity index (χ2v) is 6.55. The van der Waals surface area contributed by atoms with E-state index in [0.29, 0.717) is 0 Å². The predicted octanol–water partition coefficient (Wildman–Crippen LogP) is 4.04. The lowest BCUT2D eigenvalue weighted by Crippen LogP contribution is -2.31. The highest BCUT2D eigenvalue weighted by Crippen LogP contribution is 2.27. The maximum absolute atomic E-state index is 5.92. The van der Waals surface area contributed by atoms with Crippen molar-refractivity contribution in [1.82, 2.24) is 0 Å². The third-order valence-corrected chi connectivity index (χ3v) is 4.65. The lowest BCUT2D eigenvalue weighted by atomic mass is 10.0. The minimum atomic E-state index is 0.235. The first-order valence-electron chi connectivity index (χ1n) is 8.16. The van der Waals surface area contributed by atoms with Crippen LogP contribution >= 0.6 is 0 Å². The molecule has 1 aliphatic rings. The average Bonchev–Trinajstić information content (AvgIpc) is 2.68. The summed E-state index contributed by atoms with van der Waals surface area (Å²) in [6.07, 6.45) is 9.26. The Morgan fingerprint density at radius 3 is 2.40 bits per heavy atom. The van der Waals surface area contributed by atoms with Crippen molar-refractivity contribution in [3.8, 4) is 0 Å².